The summed E-state index contributed by atoms with van der Waals surface area (Å²) in [6.07, 6.45) is 3.87. The van der Waals surface area contributed by atoms with E-state index in [-0.39, 0.29) is 0 Å². The minimum absolute atomic E-state index is 0.609. The fraction of sp³-hybridized carbons (Fsp3) is 0.538. The van der Waals surface area contributed by atoms with Gasteiger partial charge in [0.2, 0.25) is 0 Å². The van der Waals surface area contributed by atoms with Crippen LogP contribution in [-0.2, 0) is 0 Å². The summed E-state index contributed by atoms with van der Waals surface area (Å²) in [5.41, 5.74) is 1.39. The van der Waals surface area contributed by atoms with E-state index in [1.165, 1.54) is 31.5 Å². The highest BCUT2D eigenvalue weighted by atomic mass is 16.5. The molecule has 3 rings (SSSR count). The van der Waals surface area contributed by atoms with Crippen LogP contribution in [0.3, 0.4) is 0 Å². The molecule has 1 atom stereocenters. The molecule has 1 unspecified atom stereocenters. The molecule has 0 bridgehead atoms. The predicted octanol–water partition coefficient (Wildman–Crippen LogP) is 2.61. The lowest BCUT2D eigenvalue weighted by atomic mass is 9.99. The molecule has 1 aromatic rings. The lowest BCUT2D eigenvalue weighted by Gasteiger charge is -2.32. The average Bonchev–Trinajstić information content (AvgIpc) is 2.82. The van der Waals surface area contributed by atoms with E-state index in [4.69, 9.17) is 4.74 Å². The highest BCUT2D eigenvalue weighted by Gasteiger charge is 2.28. The van der Waals surface area contributed by atoms with Gasteiger partial charge in [0.15, 0.2) is 0 Å². The van der Waals surface area contributed by atoms with Crippen molar-refractivity contribution in [2.45, 2.75) is 25.3 Å². The second-order valence-corrected chi connectivity index (χ2v) is 4.43. The molecule has 1 aromatic carbocycles. The van der Waals surface area contributed by atoms with Crippen LogP contribution in [0.2, 0.25) is 0 Å². The number of benzene rings is 1. The maximum Gasteiger partial charge on any atom is 0.124 e. The van der Waals surface area contributed by atoms with Gasteiger partial charge >= 0.3 is 0 Å². The molecule has 0 aromatic heterocycles. The second-order valence-electron chi connectivity index (χ2n) is 4.43. The zero-order chi connectivity index (χ0) is 10.1. The third kappa shape index (κ3) is 1.63. The van der Waals surface area contributed by atoms with Gasteiger partial charge in [-0.15, -0.1) is 0 Å². The summed E-state index contributed by atoms with van der Waals surface area (Å²) in [5, 5.41) is 0. The van der Waals surface area contributed by atoms with Crippen molar-refractivity contribution in [2.24, 2.45) is 0 Å². The van der Waals surface area contributed by atoms with Crippen LogP contribution < -0.4 is 4.74 Å². The summed E-state index contributed by atoms with van der Waals surface area (Å²) in [5.74, 6) is 1.10. The molecule has 0 saturated carbocycles. The lowest BCUT2D eigenvalue weighted by molar-refractivity contribution is 0.165. The smallest absolute Gasteiger partial charge is 0.124 e. The Bertz CT molecular complexity index is 344. The number of hydrogen-bond acceptors (Lipinski definition) is 2. The van der Waals surface area contributed by atoms with E-state index in [2.05, 4.69) is 29.2 Å². The van der Waals surface area contributed by atoms with Gasteiger partial charge in [0.25, 0.3) is 0 Å². The van der Waals surface area contributed by atoms with E-state index in [0.717, 1.165) is 18.8 Å². The van der Waals surface area contributed by atoms with Crippen LogP contribution in [0, 0.1) is 0 Å². The summed E-state index contributed by atoms with van der Waals surface area (Å²) < 4.78 is 5.69. The first-order chi connectivity index (χ1) is 7.45. The van der Waals surface area contributed by atoms with Gasteiger partial charge in [-0.3, -0.25) is 4.90 Å². The molecule has 0 radical (unpaired) electrons. The van der Waals surface area contributed by atoms with Gasteiger partial charge in [-0.25, -0.2) is 0 Å². The molecule has 15 heavy (non-hydrogen) atoms. The van der Waals surface area contributed by atoms with Crippen LogP contribution in [0.5, 0.6) is 5.75 Å². The number of ether oxygens (including phenoxy) is 1. The van der Waals surface area contributed by atoms with Gasteiger partial charge in [-0.1, -0.05) is 18.2 Å². The van der Waals surface area contributed by atoms with E-state index >= 15 is 0 Å². The van der Waals surface area contributed by atoms with Gasteiger partial charge in [-0.2, -0.15) is 0 Å². The molecule has 2 heteroatoms. The van der Waals surface area contributed by atoms with E-state index < -0.39 is 0 Å². The van der Waals surface area contributed by atoms with Crippen molar-refractivity contribution in [3.05, 3.63) is 29.8 Å². The summed E-state index contributed by atoms with van der Waals surface area (Å²) >= 11 is 0. The molecule has 2 aliphatic rings. The Labute approximate surface area is 90.8 Å². The molecular formula is C13H17NO. The first-order valence-electron chi connectivity index (χ1n) is 5.91. The summed E-state index contributed by atoms with van der Waals surface area (Å²) in [6.45, 7) is 3.40. The van der Waals surface area contributed by atoms with Crippen molar-refractivity contribution in [1.29, 1.82) is 0 Å². The van der Waals surface area contributed by atoms with Crippen LogP contribution >= 0.6 is 0 Å². The Morgan fingerprint density at radius 3 is 2.80 bits per heavy atom. The molecular weight excluding hydrogens is 186 g/mol. The number of fused-ring (bicyclic) bond motifs is 1. The minimum atomic E-state index is 0.609. The van der Waals surface area contributed by atoms with Gasteiger partial charge < -0.3 is 4.74 Å². The fourth-order valence-corrected chi connectivity index (χ4v) is 2.76. The summed E-state index contributed by atoms with van der Waals surface area (Å²) in [7, 11) is 0. The quantitative estimate of drug-likeness (QED) is 0.695. The molecule has 0 amide bonds. The van der Waals surface area contributed by atoms with Crippen LogP contribution in [-0.4, -0.2) is 24.6 Å². The van der Waals surface area contributed by atoms with Crippen molar-refractivity contribution in [3.63, 3.8) is 0 Å². The molecule has 0 spiro atoms. The molecule has 2 heterocycles. The zero-order valence-corrected chi connectivity index (χ0v) is 8.98. The Hall–Kier alpha value is -1.02. The summed E-state index contributed by atoms with van der Waals surface area (Å²) in [4.78, 5) is 2.61. The number of rotatable bonds is 1. The van der Waals surface area contributed by atoms with Gasteiger partial charge in [0.1, 0.15) is 5.75 Å². The Morgan fingerprint density at radius 1 is 1.13 bits per heavy atom. The third-order valence-electron chi connectivity index (χ3n) is 3.51. The standard InChI is InChI=1S/C13H17NO/c1-2-6-13-11(5-1)12(7-10-15-13)14-8-3-4-9-14/h1-2,5-6,12H,3-4,7-10H2. The third-order valence-corrected chi connectivity index (χ3v) is 3.51. The lowest BCUT2D eigenvalue weighted by Crippen LogP contribution is -2.30. The first-order valence-corrected chi connectivity index (χ1v) is 5.91. The number of nitrogens with zero attached hydrogens (tertiary/aromatic N) is 1. The Balaban J connectivity index is 1.91. The monoisotopic (exact) mass is 203 g/mol. The maximum atomic E-state index is 5.69. The van der Waals surface area contributed by atoms with Crippen molar-refractivity contribution in [2.75, 3.05) is 19.7 Å². The van der Waals surface area contributed by atoms with Crippen LogP contribution in [0.25, 0.3) is 0 Å². The molecule has 0 aliphatic carbocycles. The minimum Gasteiger partial charge on any atom is -0.493 e. The molecule has 0 N–H and O–H groups in total. The fourth-order valence-electron chi connectivity index (χ4n) is 2.76. The molecule has 2 nitrogen and oxygen atoms in total. The Kier molecular flexibility index (Phi) is 2.37. The molecule has 1 saturated heterocycles. The zero-order valence-electron chi connectivity index (χ0n) is 8.98. The normalized spacial score (nSPS) is 26.0. The highest BCUT2D eigenvalue weighted by Crippen LogP contribution is 2.37. The SMILES string of the molecule is c1ccc2c(c1)OCCC2N1CCCC1. The molecule has 80 valence electrons. The largest absolute Gasteiger partial charge is 0.493 e. The van der Waals surface area contributed by atoms with E-state index in [1.54, 1.807) is 0 Å². The maximum absolute atomic E-state index is 5.69. The van der Waals surface area contributed by atoms with E-state index in [0.29, 0.717) is 6.04 Å². The van der Waals surface area contributed by atoms with E-state index in [9.17, 15) is 0 Å². The van der Waals surface area contributed by atoms with Gasteiger partial charge in [0.05, 0.1) is 6.61 Å². The predicted molar refractivity (Wildman–Crippen MR) is 60.1 cm³/mol. The Morgan fingerprint density at radius 2 is 1.93 bits per heavy atom. The number of likely N-dealkylation sites (tertiary alicyclic amines) is 1. The van der Waals surface area contributed by atoms with Crippen molar-refractivity contribution in [1.82, 2.24) is 4.90 Å². The van der Waals surface area contributed by atoms with Crippen LogP contribution in [0.15, 0.2) is 24.3 Å². The second kappa shape index (κ2) is 3.86. The number of para-hydroxylation sites is 1. The summed E-state index contributed by atoms with van der Waals surface area (Å²) in [6, 6.07) is 9.11. The van der Waals surface area contributed by atoms with Gasteiger partial charge in [-0.05, 0) is 32.0 Å². The first kappa shape index (κ1) is 9.22. The van der Waals surface area contributed by atoms with Crippen molar-refractivity contribution >= 4 is 0 Å². The van der Waals surface area contributed by atoms with E-state index in [1.807, 2.05) is 0 Å². The van der Waals surface area contributed by atoms with Crippen LogP contribution in [0.4, 0.5) is 0 Å². The van der Waals surface area contributed by atoms with Crippen molar-refractivity contribution < 1.29 is 4.74 Å². The topological polar surface area (TPSA) is 12.5 Å². The highest BCUT2D eigenvalue weighted by molar-refractivity contribution is 5.37. The van der Waals surface area contributed by atoms with Gasteiger partial charge in [0, 0.05) is 18.0 Å². The molecule has 2 aliphatic heterocycles. The van der Waals surface area contributed by atoms with Crippen molar-refractivity contribution in [3.8, 4) is 5.75 Å². The molecule has 1 fully saturated rings. The number of hydrogen-bond donors (Lipinski definition) is 0. The van der Waals surface area contributed by atoms with Crippen LogP contribution in [0.1, 0.15) is 30.9 Å². The average molecular weight is 203 g/mol.